The molecule has 82 valence electrons. The van der Waals surface area contributed by atoms with Gasteiger partial charge in [0.15, 0.2) is 9.04 Å². The van der Waals surface area contributed by atoms with E-state index in [0.29, 0.717) is 0 Å². The van der Waals surface area contributed by atoms with E-state index in [9.17, 15) is 0 Å². The average Bonchev–Trinajstić information content (AvgIpc) is 2.15. The fourth-order valence-corrected chi connectivity index (χ4v) is 3.56. The lowest BCUT2D eigenvalue weighted by Gasteiger charge is -2.32. The van der Waals surface area contributed by atoms with Crippen LogP contribution in [0.2, 0.25) is 12.1 Å². The van der Waals surface area contributed by atoms with Crippen LogP contribution in [0.25, 0.3) is 0 Å². The summed E-state index contributed by atoms with van der Waals surface area (Å²) in [6, 6.07) is 2.42. The molecule has 0 unspecified atom stereocenters. The van der Waals surface area contributed by atoms with Crippen LogP contribution in [0.4, 0.5) is 0 Å². The van der Waals surface area contributed by atoms with Gasteiger partial charge in [-0.1, -0.05) is 26.0 Å². The van der Waals surface area contributed by atoms with Crippen LogP contribution >= 0.6 is 0 Å². The van der Waals surface area contributed by atoms with Crippen LogP contribution in [-0.4, -0.2) is 14.6 Å². The van der Waals surface area contributed by atoms with Crippen molar-refractivity contribution in [2.24, 2.45) is 0 Å². The zero-order chi connectivity index (χ0) is 11.0. The standard InChI is InChI=1S/C12H24OSi/c1-6-10-12(5,11-7-2)13-14(8-3)9-4/h6-7,14H,1-2,8-11H2,3-5H3. The Labute approximate surface area is 90.6 Å². The predicted molar refractivity (Wildman–Crippen MR) is 67.2 cm³/mol. The Morgan fingerprint density at radius 2 is 1.57 bits per heavy atom. The molecule has 1 nitrogen and oxygen atoms in total. The third kappa shape index (κ3) is 4.77. The topological polar surface area (TPSA) is 9.23 Å². The van der Waals surface area contributed by atoms with Crippen LogP contribution < -0.4 is 0 Å². The third-order valence-corrected chi connectivity index (χ3v) is 5.24. The molecule has 0 rings (SSSR count). The van der Waals surface area contributed by atoms with Gasteiger partial charge in [0.25, 0.3) is 0 Å². The van der Waals surface area contributed by atoms with Crippen molar-refractivity contribution >= 4 is 9.04 Å². The van der Waals surface area contributed by atoms with E-state index in [0.717, 1.165) is 12.8 Å². The molecule has 0 aliphatic rings. The molecule has 0 aromatic carbocycles. The molecule has 0 aliphatic carbocycles. The van der Waals surface area contributed by atoms with Crippen LogP contribution in [-0.2, 0) is 4.43 Å². The Morgan fingerprint density at radius 3 is 1.86 bits per heavy atom. The molecule has 0 saturated carbocycles. The van der Waals surface area contributed by atoms with E-state index in [2.05, 4.69) is 33.9 Å². The Hall–Kier alpha value is -0.343. The minimum atomic E-state index is -0.976. The highest BCUT2D eigenvalue weighted by Crippen LogP contribution is 2.24. The molecule has 14 heavy (non-hydrogen) atoms. The Kier molecular flexibility index (Phi) is 6.84. The Balaban J connectivity index is 4.31. The molecule has 0 heterocycles. The van der Waals surface area contributed by atoms with E-state index in [1.807, 2.05) is 12.2 Å². The molecule has 0 radical (unpaired) electrons. The molecule has 2 heteroatoms. The normalized spacial score (nSPS) is 11.7. The van der Waals surface area contributed by atoms with Gasteiger partial charge in [-0.3, -0.25) is 0 Å². The fourth-order valence-electron chi connectivity index (χ4n) is 1.65. The Bertz CT molecular complexity index is 163. The summed E-state index contributed by atoms with van der Waals surface area (Å²) in [6.07, 6.45) is 5.73. The highest BCUT2D eigenvalue weighted by atomic mass is 28.3. The zero-order valence-corrected chi connectivity index (χ0v) is 11.0. The number of rotatable bonds is 8. The molecule has 0 aliphatic heterocycles. The largest absolute Gasteiger partial charge is 0.414 e. The minimum Gasteiger partial charge on any atom is -0.414 e. The number of hydrogen-bond acceptors (Lipinski definition) is 1. The summed E-state index contributed by atoms with van der Waals surface area (Å²) in [5, 5.41) is 0. The summed E-state index contributed by atoms with van der Waals surface area (Å²) in [6.45, 7) is 14.2. The molecule has 0 fully saturated rings. The summed E-state index contributed by atoms with van der Waals surface area (Å²) in [5.74, 6) is 0. The van der Waals surface area contributed by atoms with Crippen molar-refractivity contribution in [2.45, 2.75) is 51.3 Å². The van der Waals surface area contributed by atoms with E-state index < -0.39 is 9.04 Å². The molecule has 0 amide bonds. The summed E-state index contributed by atoms with van der Waals surface area (Å²) in [4.78, 5) is 0. The highest BCUT2D eigenvalue weighted by Gasteiger charge is 2.25. The first kappa shape index (κ1) is 13.7. The van der Waals surface area contributed by atoms with Crippen molar-refractivity contribution in [3.8, 4) is 0 Å². The quantitative estimate of drug-likeness (QED) is 0.440. The molecule has 0 aromatic heterocycles. The maximum Gasteiger partial charge on any atom is 0.177 e. The van der Waals surface area contributed by atoms with E-state index in [4.69, 9.17) is 4.43 Å². The lowest BCUT2D eigenvalue weighted by atomic mass is 9.99. The lowest BCUT2D eigenvalue weighted by molar-refractivity contribution is 0.0923. The van der Waals surface area contributed by atoms with E-state index in [1.54, 1.807) is 0 Å². The first-order valence-corrected chi connectivity index (χ1v) is 7.62. The molecule has 0 saturated heterocycles. The predicted octanol–water partition coefficient (Wildman–Crippen LogP) is 3.68. The van der Waals surface area contributed by atoms with Crippen molar-refractivity contribution in [3.63, 3.8) is 0 Å². The number of hydrogen-bond donors (Lipinski definition) is 0. The van der Waals surface area contributed by atoms with Crippen LogP contribution in [0, 0.1) is 0 Å². The summed E-state index contributed by atoms with van der Waals surface area (Å²) in [5.41, 5.74) is -0.0492. The summed E-state index contributed by atoms with van der Waals surface area (Å²) in [7, 11) is -0.976. The van der Waals surface area contributed by atoms with Crippen molar-refractivity contribution in [3.05, 3.63) is 25.3 Å². The van der Waals surface area contributed by atoms with Gasteiger partial charge in [-0.25, -0.2) is 0 Å². The monoisotopic (exact) mass is 212 g/mol. The molecule has 0 atom stereocenters. The third-order valence-electron chi connectivity index (χ3n) is 2.51. The van der Waals surface area contributed by atoms with Gasteiger partial charge in [-0.15, -0.1) is 13.2 Å². The average molecular weight is 212 g/mol. The van der Waals surface area contributed by atoms with Gasteiger partial charge in [-0.2, -0.15) is 0 Å². The highest BCUT2D eigenvalue weighted by molar-refractivity contribution is 6.51. The molecule has 0 bridgehead atoms. The van der Waals surface area contributed by atoms with Gasteiger partial charge < -0.3 is 4.43 Å². The summed E-state index contributed by atoms with van der Waals surface area (Å²) >= 11 is 0. The minimum absolute atomic E-state index is 0.0492. The van der Waals surface area contributed by atoms with Gasteiger partial charge in [0.05, 0.1) is 5.60 Å². The van der Waals surface area contributed by atoms with Gasteiger partial charge in [0.2, 0.25) is 0 Å². The van der Waals surface area contributed by atoms with Gasteiger partial charge in [0, 0.05) is 0 Å². The molecule has 0 spiro atoms. The maximum absolute atomic E-state index is 6.21. The molecule has 0 aromatic rings. The van der Waals surface area contributed by atoms with Crippen LogP contribution in [0.5, 0.6) is 0 Å². The first-order valence-electron chi connectivity index (χ1n) is 5.51. The lowest BCUT2D eigenvalue weighted by Crippen LogP contribution is -2.34. The molecular weight excluding hydrogens is 188 g/mol. The van der Waals surface area contributed by atoms with Gasteiger partial charge >= 0.3 is 0 Å². The van der Waals surface area contributed by atoms with Crippen molar-refractivity contribution < 1.29 is 4.43 Å². The molecular formula is C12H24OSi. The van der Waals surface area contributed by atoms with Crippen molar-refractivity contribution in [1.82, 2.24) is 0 Å². The van der Waals surface area contributed by atoms with E-state index in [-0.39, 0.29) is 5.60 Å². The fraction of sp³-hybridized carbons (Fsp3) is 0.667. The van der Waals surface area contributed by atoms with Crippen LogP contribution in [0.15, 0.2) is 25.3 Å². The Morgan fingerprint density at radius 1 is 1.14 bits per heavy atom. The van der Waals surface area contributed by atoms with Crippen molar-refractivity contribution in [1.29, 1.82) is 0 Å². The van der Waals surface area contributed by atoms with Crippen LogP contribution in [0.3, 0.4) is 0 Å². The van der Waals surface area contributed by atoms with E-state index in [1.165, 1.54) is 12.1 Å². The SMILES string of the molecule is C=CCC(C)(CC=C)O[SiH](CC)CC. The van der Waals surface area contributed by atoms with Gasteiger partial charge in [-0.05, 0) is 31.9 Å². The first-order chi connectivity index (χ1) is 6.61. The maximum atomic E-state index is 6.21. The van der Waals surface area contributed by atoms with Crippen LogP contribution in [0.1, 0.15) is 33.6 Å². The smallest absolute Gasteiger partial charge is 0.177 e. The second-order valence-corrected chi connectivity index (χ2v) is 7.10. The van der Waals surface area contributed by atoms with Gasteiger partial charge in [0.1, 0.15) is 0 Å². The van der Waals surface area contributed by atoms with Crippen molar-refractivity contribution in [2.75, 3.05) is 0 Å². The zero-order valence-electron chi connectivity index (χ0n) is 9.88. The van der Waals surface area contributed by atoms with E-state index >= 15 is 0 Å². The molecule has 0 N–H and O–H groups in total. The second-order valence-electron chi connectivity index (χ2n) is 3.99. The second kappa shape index (κ2) is 7.02. The summed E-state index contributed by atoms with van der Waals surface area (Å²) < 4.78 is 6.21.